The van der Waals surface area contributed by atoms with Crippen LogP contribution in [0.4, 0.5) is 49.3 Å². The van der Waals surface area contributed by atoms with Crippen LogP contribution in [-0.4, -0.2) is 71.1 Å². The normalized spacial score (nSPS) is 12.9. The Bertz CT molecular complexity index is 1850. The number of carbonyl (C=O) groups is 3. The Morgan fingerprint density at radius 1 is 1.12 bits per heavy atom. The number of likely N-dealkylation sites (N-methyl/N-ethyl adjacent to an activating group) is 1. The first-order valence-corrected chi connectivity index (χ1v) is 15.2. The molecule has 12 nitrogen and oxygen atoms in total. The molecule has 2 aromatic carbocycles. The molecule has 0 saturated carbocycles. The average molecular weight is 691 g/mol. The van der Waals surface area contributed by atoms with Gasteiger partial charge in [0.25, 0.3) is 5.91 Å². The largest absolute Gasteiger partial charge is 0.491 e. The number of alkyl halides is 3. The zero-order valence-corrected chi connectivity index (χ0v) is 26.4. The minimum Gasteiger partial charge on any atom is -0.418 e. The van der Waals surface area contributed by atoms with E-state index in [0.29, 0.717) is 11.4 Å². The number of hydrogen-bond acceptors (Lipinski definition) is 10. The highest BCUT2D eigenvalue weighted by atomic mass is 32.1. The Morgan fingerprint density at radius 3 is 2.48 bits per heavy atom. The second kappa shape index (κ2) is 13.9. The van der Waals surface area contributed by atoms with Crippen molar-refractivity contribution < 1.29 is 41.1 Å². The third kappa shape index (κ3) is 7.03. The molecule has 3 N–H and O–H groups in total. The molecular weight excluding hydrogens is 663 g/mol. The number of hydrogen-bond donors (Lipinski definition) is 3. The van der Waals surface area contributed by atoms with Crippen molar-refractivity contribution >= 4 is 51.8 Å². The zero-order valence-electron chi connectivity index (χ0n) is 25.5. The number of aromatic nitrogens is 3. The molecule has 3 heterocycles. The maximum absolute atomic E-state index is 15.1. The molecule has 0 bridgehead atoms. The highest BCUT2D eigenvalue weighted by Crippen LogP contribution is 2.44. The van der Waals surface area contributed by atoms with E-state index in [9.17, 15) is 27.6 Å². The van der Waals surface area contributed by atoms with E-state index in [-0.39, 0.29) is 58.8 Å². The van der Waals surface area contributed by atoms with E-state index in [1.54, 1.807) is 26.4 Å². The smallest absolute Gasteiger partial charge is 0.418 e. The lowest BCUT2D eigenvalue weighted by Crippen LogP contribution is -2.43. The van der Waals surface area contributed by atoms with Gasteiger partial charge in [-0.1, -0.05) is 19.1 Å². The third-order valence-electron chi connectivity index (χ3n) is 7.01. The van der Waals surface area contributed by atoms with Crippen LogP contribution >= 0.6 is 11.3 Å². The number of amides is 3. The van der Waals surface area contributed by atoms with Gasteiger partial charge in [-0.05, 0) is 44.3 Å². The van der Waals surface area contributed by atoms with Crippen LogP contribution in [0, 0.1) is 11.6 Å². The van der Waals surface area contributed by atoms with E-state index in [2.05, 4.69) is 30.9 Å². The number of ether oxygens (including phenoxy) is 1. The summed E-state index contributed by atoms with van der Waals surface area (Å²) < 4.78 is 76.1. The molecule has 18 heteroatoms. The van der Waals surface area contributed by atoms with Crippen LogP contribution in [0.25, 0.3) is 11.3 Å². The third-order valence-corrected chi connectivity index (χ3v) is 7.69. The second-order valence-electron chi connectivity index (χ2n) is 10.5. The number of nitrogens with one attached hydrogen (secondary N) is 3. The quantitative estimate of drug-likeness (QED) is 0.112. The molecule has 0 fully saturated rings. The molecule has 0 unspecified atom stereocenters. The van der Waals surface area contributed by atoms with E-state index in [1.165, 1.54) is 18.3 Å². The first kappa shape index (κ1) is 34.1. The summed E-state index contributed by atoms with van der Waals surface area (Å²) in [7, 11) is 3.59. The van der Waals surface area contributed by atoms with Crippen LogP contribution in [-0.2, 0) is 17.8 Å². The number of urea groups is 1. The Labute approximate surface area is 274 Å². The molecule has 0 saturated heterocycles. The van der Waals surface area contributed by atoms with Gasteiger partial charge in [0, 0.05) is 35.8 Å². The lowest BCUT2D eigenvalue weighted by Gasteiger charge is -2.31. The van der Waals surface area contributed by atoms with Gasteiger partial charge in [0.05, 0.1) is 17.8 Å². The molecular formula is C30H27F5N8O4S. The van der Waals surface area contributed by atoms with Crippen LogP contribution < -0.4 is 25.6 Å². The van der Waals surface area contributed by atoms with Crippen molar-refractivity contribution in [3.63, 3.8) is 0 Å². The maximum atomic E-state index is 15.1. The van der Waals surface area contributed by atoms with Gasteiger partial charge in [-0.3, -0.25) is 10.1 Å². The number of carbonyl (C=O) groups excluding carboxylic acids is 3. The fourth-order valence-electron chi connectivity index (χ4n) is 4.81. The molecule has 1 aliphatic heterocycles. The molecule has 3 amide bonds. The number of nitrogens with zero attached hydrogens (tertiary/aromatic N) is 5. The zero-order chi connectivity index (χ0) is 34.7. The van der Waals surface area contributed by atoms with E-state index in [1.807, 2.05) is 4.90 Å². The van der Waals surface area contributed by atoms with Crippen molar-refractivity contribution in [1.29, 1.82) is 0 Å². The summed E-state index contributed by atoms with van der Waals surface area (Å²) >= 11 is 1.04. The molecule has 0 spiro atoms. The van der Waals surface area contributed by atoms with Crippen molar-refractivity contribution in [1.82, 2.24) is 25.2 Å². The van der Waals surface area contributed by atoms with Gasteiger partial charge < -0.3 is 20.3 Å². The summed E-state index contributed by atoms with van der Waals surface area (Å²) in [4.78, 5) is 54.4. The van der Waals surface area contributed by atoms with Crippen LogP contribution in [0.3, 0.4) is 0 Å². The first-order valence-electron chi connectivity index (χ1n) is 14.3. The van der Waals surface area contributed by atoms with Crippen molar-refractivity contribution in [2.75, 3.05) is 42.7 Å². The Kier molecular flexibility index (Phi) is 9.85. The van der Waals surface area contributed by atoms with Gasteiger partial charge in [0.1, 0.15) is 17.3 Å². The lowest BCUT2D eigenvalue weighted by molar-refractivity contribution is -0.189. The van der Waals surface area contributed by atoms with Crippen LogP contribution in [0.5, 0.6) is 5.75 Å². The van der Waals surface area contributed by atoms with E-state index < -0.39 is 52.7 Å². The SMILES string of the molecule is CCc1ccc(C(=O)Nc2nccs2)c(OC(=O)C(F)(F)F)c1-c1nc(NCCN(C)C)nc2c1CNC(=O)N2c1c(F)cccc1F. The second-order valence-corrected chi connectivity index (χ2v) is 11.4. The molecule has 0 atom stereocenters. The van der Waals surface area contributed by atoms with Crippen molar-refractivity contribution in [3.8, 4) is 17.0 Å². The topological polar surface area (TPSA) is 142 Å². The predicted molar refractivity (Wildman–Crippen MR) is 166 cm³/mol. The molecule has 2 aromatic heterocycles. The van der Waals surface area contributed by atoms with Crippen molar-refractivity contribution in [2.24, 2.45) is 0 Å². The minimum absolute atomic E-state index is 0.00639. The molecule has 48 heavy (non-hydrogen) atoms. The monoisotopic (exact) mass is 690 g/mol. The summed E-state index contributed by atoms with van der Waals surface area (Å²) in [5.74, 6) is -7.02. The van der Waals surface area contributed by atoms with Gasteiger partial charge >= 0.3 is 18.2 Å². The molecule has 252 valence electrons. The molecule has 0 radical (unpaired) electrons. The van der Waals surface area contributed by atoms with Crippen molar-refractivity contribution in [2.45, 2.75) is 26.1 Å². The number of fused-ring (bicyclic) bond motifs is 1. The molecule has 1 aliphatic rings. The van der Waals surface area contributed by atoms with Crippen LogP contribution in [0.15, 0.2) is 41.9 Å². The number of anilines is 4. The van der Waals surface area contributed by atoms with E-state index in [0.717, 1.165) is 29.5 Å². The van der Waals surface area contributed by atoms with Crippen LogP contribution in [0.1, 0.15) is 28.4 Å². The van der Waals surface area contributed by atoms with Gasteiger partial charge in [-0.15, -0.1) is 11.3 Å². The number of halogens is 5. The minimum atomic E-state index is -5.46. The highest BCUT2D eigenvalue weighted by molar-refractivity contribution is 7.13. The number of esters is 1. The van der Waals surface area contributed by atoms with Gasteiger partial charge in [0.15, 0.2) is 16.7 Å². The van der Waals surface area contributed by atoms with Crippen molar-refractivity contribution in [3.05, 3.63) is 70.2 Å². The maximum Gasteiger partial charge on any atom is 0.491 e. The summed E-state index contributed by atoms with van der Waals surface area (Å²) in [6.07, 6.45) is -3.92. The highest BCUT2D eigenvalue weighted by Gasteiger charge is 2.43. The number of para-hydroxylation sites is 1. The summed E-state index contributed by atoms with van der Waals surface area (Å²) in [5.41, 5.74) is -1.32. The van der Waals surface area contributed by atoms with E-state index in [4.69, 9.17) is 4.74 Å². The summed E-state index contributed by atoms with van der Waals surface area (Å²) in [6.45, 7) is 2.01. The molecule has 4 aromatic rings. The lowest BCUT2D eigenvalue weighted by atomic mass is 9.94. The van der Waals surface area contributed by atoms with Crippen LogP contribution in [0.2, 0.25) is 0 Å². The van der Waals surface area contributed by atoms with E-state index >= 15 is 8.78 Å². The van der Waals surface area contributed by atoms with Gasteiger partial charge in [-0.2, -0.15) is 18.2 Å². The number of rotatable bonds is 10. The average Bonchev–Trinajstić information content (AvgIpc) is 3.53. The number of thiazole rings is 1. The van der Waals surface area contributed by atoms with Gasteiger partial charge in [0.2, 0.25) is 5.95 Å². The molecule has 0 aliphatic carbocycles. The Morgan fingerprint density at radius 2 is 1.85 bits per heavy atom. The van der Waals surface area contributed by atoms with Gasteiger partial charge in [-0.25, -0.2) is 33.2 Å². The number of aryl methyl sites for hydroxylation is 1. The molecule has 5 rings (SSSR count). The number of benzene rings is 2. The summed E-state index contributed by atoms with van der Waals surface area (Å²) in [5, 5.41) is 9.59. The first-order chi connectivity index (χ1) is 22.8. The standard InChI is InChI=1S/C30H27F5N8O4S/c1-4-15-8-9-16(25(44)41-28-37-11-13-48-28)23(47-26(45)30(33,34)35)20(15)21-17-14-38-29(46)43(22-18(31)6-5-7-19(22)32)24(17)40-27(39-21)36-10-12-42(2)3/h5-9,11,13H,4,10,12,14H2,1-3H3,(H,38,46)(H,36,39,40)(H,37,41,44). The Balaban J connectivity index is 1.81. The fraction of sp³-hybridized carbons (Fsp3) is 0.267. The fourth-order valence-corrected chi connectivity index (χ4v) is 5.33. The summed E-state index contributed by atoms with van der Waals surface area (Å²) in [6, 6.07) is 4.66. The Hall–Kier alpha value is -5.23. The predicted octanol–water partition coefficient (Wildman–Crippen LogP) is 5.50.